The van der Waals surface area contributed by atoms with E-state index in [2.05, 4.69) is 20.6 Å². The van der Waals surface area contributed by atoms with Gasteiger partial charge in [0.15, 0.2) is 0 Å². The van der Waals surface area contributed by atoms with Crippen LogP contribution in [-0.2, 0) is 17.5 Å². The minimum Gasteiger partial charge on any atom is -0.497 e. The third-order valence-electron chi connectivity index (χ3n) is 6.07. The Morgan fingerprint density at radius 2 is 1.94 bits per heavy atom. The SMILES string of the molecule is COc1cc(Nc2nccc(N3CCCC(C(=O)NCc4ccc(C)cc4)C3)n2)cc(C(F)(F)F)c1. The average molecular weight is 500 g/mol. The normalized spacial score (nSPS) is 15.9. The van der Waals surface area contributed by atoms with Crippen molar-refractivity contribution in [2.45, 2.75) is 32.5 Å². The van der Waals surface area contributed by atoms with Gasteiger partial charge in [0.2, 0.25) is 11.9 Å². The maximum Gasteiger partial charge on any atom is 0.416 e. The summed E-state index contributed by atoms with van der Waals surface area (Å²) >= 11 is 0. The Bertz CT molecular complexity index is 1200. The van der Waals surface area contributed by atoms with Gasteiger partial charge in [0.05, 0.1) is 18.6 Å². The van der Waals surface area contributed by atoms with Crippen LogP contribution in [0.1, 0.15) is 29.5 Å². The van der Waals surface area contributed by atoms with Gasteiger partial charge in [0.1, 0.15) is 11.6 Å². The summed E-state index contributed by atoms with van der Waals surface area (Å²) in [5.74, 6) is 0.619. The molecular weight excluding hydrogens is 471 g/mol. The lowest BCUT2D eigenvalue weighted by Crippen LogP contribution is -2.43. The number of nitrogens with one attached hydrogen (secondary N) is 2. The molecule has 1 fully saturated rings. The van der Waals surface area contributed by atoms with E-state index in [-0.39, 0.29) is 29.2 Å². The van der Waals surface area contributed by atoms with Crippen molar-refractivity contribution in [3.8, 4) is 5.75 Å². The van der Waals surface area contributed by atoms with Crippen molar-refractivity contribution < 1.29 is 22.7 Å². The van der Waals surface area contributed by atoms with Gasteiger partial charge < -0.3 is 20.3 Å². The lowest BCUT2D eigenvalue weighted by Gasteiger charge is -2.33. The second-order valence-electron chi connectivity index (χ2n) is 8.80. The first-order valence-corrected chi connectivity index (χ1v) is 11.7. The number of aromatic nitrogens is 2. The number of carbonyl (C=O) groups is 1. The molecule has 2 heterocycles. The molecule has 1 amide bonds. The van der Waals surface area contributed by atoms with Crippen molar-refractivity contribution in [2.75, 3.05) is 30.4 Å². The second-order valence-corrected chi connectivity index (χ2v) is 8.80. The van der Waals surface area contributed by atoms with Crippen molar-refractivity contribution in [3.05, 3.63) is 71.4 Å². The van der Waals surface area contributed by atoms with Crippen LogP contribution < -0.4 is 20.3 Å². The first kappa shape index (κ1) is 25.3. The zero-order chi connectivity index (χ0) is 25.7. The fraction of sp³-hybridized carbons (Fsp3) is 0.346. The van der Waals surface area contributed by atoms with Crippen LogP contribution >= 0.6 is 0 Å². The van der Waals surface area contributed by atoms with Gasteiger partial charge in [-0.1, -0.05) is 29.8 Å². The maximum absolute atomic E-state index is 13.2. The Morgan fingerprint density at radius 3 is 2.67 bits per heavy atom. The summed E-state index contributed by atoms with van der Waals surface area (Å²) in [5, 5.41) is 5.86. The van der Waals surface area contributed by atoms with Gasteiger partial charge in [0.25, 0.3) is 0 Å². The molecule has 0 spiro atoms. The van der Waals surface area contributed by atoms with E-state index in [1.807, 2.05) is 36.1 Å². The van der Waals surface area contributed by atoms with Gasteiger partial charge in [-0.05, 0) is 43.5 Å². The number of ether oxygens (including phenoxy) is 1. The monoisotopic (exact) mass is 499 g/mol. The Kier molecular flexibility index (Phi) is 7.61. The average Bonchev–Trinajstić information content (AvgIpc) is 2.87. The number of nitrogens with zero attached hydrogens (tertiary/aromatic N) is 3. The smallest absolute Gasteiger partial charge is 0.416 e. The molecular formula is C26H28F3N5O2. The van der Waals surface area contributed by atoms with Gasteiger partial charge in [-0.2, -0.15) is 18.2 Å². The molecule has 1 aliphatic rings. The molecule has 2 aromatic carbocycles. The summed E-state index contributed by atoms with van der Waals surface area (Å²) in [7, 11) is 1.31. The van der Waals surface area contributed by atoms with Gasteiger partial charge in [0, 0.05) is 37.6 Å². The predicted octanol–water partition coefficient (Wildman–Crippen LogP) is 5.09. The molecule has 7 nitrogen and oxygen atoms in total. The summed E-state index contributed by atoms with van der Waals surface area (Å²) in [5.41, 5.74) is 1.53. The van der Waals surface area contributed by atoms with E-state index >= 15 is 0 Å². The number of piperidine rings is 1. The fourth-order valence-corrected chi connectivity index (χ4v) is 4.11. The number of alkyl halides is 3. The van der Waals surface area contributed by atoms with E-state index in [9.17, 15) is 18.0 Å². The number of anilines is 3. The number of carbonyl (C=O) groups excluding carboxylic acids is 1. The lowest BCUT2D eigenvalue weighted by molar-refractivity contribution is -0.137. The number of aryl methyl sites for hydroxylation is 1. The van der Waals surface area contributed by atoms with Crippen molar-refractivity contribution in [3.63, 3.8) is 0 Å². The topological polar surface area (TPSA) is 79.4 Å². The number of halogens is 3. The molecule has 36 heavy (non-hydrogen) atoms. The van der Waals surface area contributed by atoms with Gasteiger partial charge in [-0.15, -0.1) is 0 Å². The largest absolute Gasteiger partial charge is 0.497 e. The molecule has 0 saturated carbocycles. The Morgan fingerprint density at radius 1 is 1.17 bits per heavy atom. The van der Waals surface area contributed by atoms with Crippen molar-refractivity contribution in [2.24, 2.45) is 5.92 Å². The highest BCUT2D eigenvalue weighted by Gasteiger charge is 2.31. The standard InChI is InChI=1S/C26H28F3N5O2/c1-17-5-7-18(8-6-17)15-31-24(35)19-4-3-11-34(16-19)23-9-10-30-25(33-23)32-21-12-20(26(27,28)29)13-22(14-21)36-2/h5-10,12-14,19H,3-4,11,15-16H2,1-2H3,(H,31,35)(H,30,32,33). The summed E-state index contributed by atoms with van der Waals surface area (Å²) in [6.45, 7) is 3.70. The maximum atomic E-state index is 13.2. The summed E-state index contributed by atoms with van der Waals surface area (Å²) < 4.78 is 44.7. The Balaban J connectivity index is 1.42. The van der Waals surface area contributed by atoms with E-state index in [0.29, 0.717) is 18.9 Å². The summed E-state index contributed by atoms with van der Waals surface area (Å²) in [6.07, 6.45) is -1.39. The zero-order valence-electron chi connectivity index (χ0n) is 20.1. The number of amides is 1. The van der Waals surface area contributed by atoms with Crippen LogP contribution in [-0.4, -0.2) is 36.1 Å². The van der Waals surface area contributed by atoms with Crippen molar-refractivity contribution in [1.29, 1.82) is 0 Å². The molecule has 0 bridgehead atoms. The Labute approximate surface area is 207 Å². The second kappa shape index (κ2) is 10.8. The minimum absolute atomic E-state index is 0.0104. The van der Waals surface area contributed by atoms with Crippen LogP contribution in [0.4, 0.5) is 30.6 Å². The molecule has 10 heteroatoms. The minimum atomic E-state index is -4.52. The zero-order valence-corrected chi connectivity index (χ0v) is 20.1. The molecule has 1 aromatic heterocycles. The molecule has 4 rings (SSSR count). The number of hydrogen-bond donors (Lipinski definition) is 2. The molecule has 1 unspecified atom stereocenters. The number of hydrogen-bond acceptors (Lipinski definition) is 6. The fourth-order valence-electron chi connectivity index (χ4n) is 4.11. The van der Waals surface area contributed by atoms with Crippen LogP contribution in [0.15, 0.2) is 54.7 Å². The van der Waals surface area contributed by atoms with Crippen LogP contribution in [0.2, 0.25) is 0 Å². The van der Waals surface area contributed by atoms with Gasteiger partial charge in [-0.3, -0.25) is 4.79 Å². The highest BCUT2D eigenvalue weighted by atomic mass is 19.4. The van der Waals surface area contributed by atoms with Crippen LogP contribution in [0.25, 0.3) is 0 Å². The third-order valence-corrected chi connectivity index (χ3v) is 6.07. The van der Waals surface area contributed by atoms with Crippen LogP contribution in [0.5, 0.6) is 5.75 Å². The third kappa shape index (κ3) is 6.44. The molecule has 1 saturated heterocycles. The predicted molar refractivity (Wildman–Crippen MR) is 131 cm³/mol. The van der Waals surface area contributed by atoms with E-state index in [4.69, 9.17) is 4.74 Å². The molecule has 3 aromatic rings. The molecule has 190 valence electrons. The molecule has 0 radical (unpaired) electrons. The lowest BCUT2D eigenvalue weighted by atomic mass is 9.97. The quantitative estimate of drug-likeness (QED) is 0.472. The van der Waals surface area contributed by atoms with Crippen molar-refractivity contribution >= 4 is 23.4 Å². The molecule has 2 N–H and O–H groups in total. The van der Waals surface area contributed by atoms with Crippen LogP contribution in [0.3, 0.4) is 0 Å². The number of methoxy groups -OCH3 is 1. The van der Waals surface area contributed by atoms with Crippen LogP contribution in [0, 0.1) is 12.8 Å². The number of rotatable bonds is 7. The molecule has 1 atom stereocenters. The first-order chi connectivity index (χ1) is 17.2. The van der Waals surface area contributed by atoms with E-state index in [0.717, 1.165) is 37.1 Å². The first-order valence-electron chi connectivity index (χ1n) is 11.7. The van der Waals surface area contributed by atoms with E-state index in [1.165, 1.54) is 24.9 Å². The number of benzene rings is 2. The van der Waals surface area contributed by atoms with E-state index < -0.39 is 11.7 Å². The molecule has 1 aliphatic heterocycles. The summed E-state index contributed by atoms with van der Waals surface area (Å²) in [6, 6.07) is 13.1. The summed E-state index contributed by atoms with van der Waals surface area (Å²) in [4.78, 5) is 23.4. The van der Waals surface area contributed by atoms with Gasteiger partial charge in [-0.25, -0.2) is 4.98 Å². The Hall–Kier alpha value is -3.82. The van der Waals surface area contributed by atoms with E-state index in [1.54, 1.807) is 6.07 Å². The highest BCUT2D eigenvalue weighted by molar-refractivity contribution is 5.79. The highest BCUT2D eigenvalue weighted by Crippen LogP contribution is 2.34. The molecule has 0 aliphatic carbocycles. The van der Waals surface area contributed by atoms with Gasteiger partial charge >= 0.3 is 6.18 Å². The van der Waals surface area contributed by atoms with Crippen molar-refractivity contribution in [1.82, 2.24) is 15.3 Å².